The van der Waals surface area contributed by atoms with Gasteiger partial charge in [-0.25, -0.2) is 4.39 Å². The summed E-state index contributed by atoms with van der Waals surface area (Å²) in [7, 11) is 1.91. The number of hydrogen-bond acceptors (Lipinski definition) is 4. The van der Waals surface area contributed by atoms with Crippen molar-refractivity contribution in [2.45, 2.75) is 51.9 Å². The maximum Gasteiger partial charge on any atom is 0.420 e. The third-order valence-electron chi connectivity index (χ3n) is 4.63. The Labute approximate surface area is 167 Å². The highest BCUT2D eigenvalue weighted by atomic mass is 19.4. The average Bonchev–Trinajstić information content (AvgIpc) is 3.12. The van der Waals surface area contributed by atoms with Crippen molar-refractivity contribution in [3.05, 3.63) is 35.3 Å². The maximum atomic E-state index is 14.7. The van der Waals surface area contributed by atoms with Gasteiger partial charge in [-0.2, -0.15) is 18.3 Å². The van der Waals surface area contributed by atoms with Gasteiger partial charge < -0.3 is 14.7 Å². The first kappa shape index (κ1) is 23.2. The maximum absolute atomic E-state index is 14.7. The molecule has 2 N–H and O–H groups in total. The lowest BCUT2D eigenvalue weighted by molar-refractivity contribution is -0.139. The molecule has 2 rings (SSSR count). The molecule has 0 radical (unpaired) electrons. The Morgan fingerprint density at radius 1 is 1.28 bits per heavy atom. The standard InChI is InChI=1S/C20H27F4N3O2/c1-4-6-7-27(3)11-14-10-25-26-18(14)13-8-16(20(22,23)24)19(17(21)9-13)29-15(5-2)12-28/h8-10,15,28H,4-7,11-12H2,1-3H3,(H,25,26). The summed E-state index contributed by atoms with van der Waals surface area (Å²) >= 11 is 0. The van der Waals surface area contributed by atoms with Gasteiger partial charge in [0.1, 0.15) is 11.7 Å². The fraction of sp³-hybridized carbons (Fsp3) is 0.550. The molecule has 0 bridgehead atoms. The minimum atomic E-state index is -4.82. The number of aliphatic hydroxyl groups is 1. The van der Waals surface area contributed by atoms with Crippen LogP contribution in [0.5, 0.6) is 5.75 Å². The van der Waals surface area contributed by atoms with Crippen molar-refractivity contribution in [2.24, 2.45) is 0 Å². The van der Waals surface area contributed by atoms with E-state index in [1.165, 1.54) is 6.20 Å². The Bertz CT molecular complexity index is 789. The first-order valence-electron chi connectivity index (χ1n) is 9.60. The normalized spacial score (nSPS) is 13.1. The molecular weight excluding hydrogens is 390 g/mol. The summed E-state index contributed by atoms with van der Waals surface area (Å²) in [5.41, 5.74) is -0.181. The number of unbranched alkanes of at least 4 members (excludes halogenated alkanes) is 1. The molecule has 1 heterocycles. The van der Waals surface area contributed by atoms with Gasteiger partial charge in [-0.1, -0.05) is 20.3 Å². The quantitative estimate of drug-likeness (QED) is 0.554. The highest BCUT2D eigenvalue weighted by molar-refractivity contribution is 5.66. The second-order valence-electron chi connectivity index (χ2n) is 7.02. The molecule has 29 heavy (non-hydrogen) atoms. The minimum Gasteiger partial charge on any atom is -0.484 e. The molecule has 0 saturated carbocycles. The highest BCUT2D eigenvalue weighted by Gasteiger charge is 2.37. The molecule has 0 amide bonds. The van der Waals surface area contributed by atoms with Gasteiger partial charge in [0.2, 0.25) is 0 Å². The first-order valence-corrected chi connectivity index (χ1v) is 9.60. The number of ether oxygens (including phenoxy) is 1. The van der Waals surface area contributed by atoms with E-state index in [0.29, 0.717) is 17.8 Å². The molecule has 0 saturated heterocycles. The number of aromatic amines is 1. The SMILES string of the molecule is CCCCN(C)Cc1cn[nH]c1-c1cc(F)c(OC(CC)CO)c(C(F)(F)F)c1. The zero-order chi connectivity index (χ0) is 21.6. The molecule has 0 aliphatic rings. The van der Waals surface area contributed by atoms with Crippen LogP contribution in [0, 0.1) is 5.82 Å². The summed E-state index contributed by atoms with van der Waals surface area (Å²) in [6.45, 7) is 4.49. The van der Waals surface area contributed by atoms with E-state index in [2.05, 4.69) is 17.1 Å². The number of rotatable bonds is 10. The Morgan fingerprint density at radius 3 is 2.59 bits per heavy atom. The first-order chi connectivity index (χ1) is 13.7. The van der Waals surface area contributed by atoms with Crippen LogP contribution in [0.15, 0.2) is 18.3 Å². The lowest BCUT2D eigenvalue weighted by Gasteiger charge is -2.21. The van der Waals surface area contributed by atoms with Gasteiger partial charge in [0.05, 0.1) is 18.5 Å². The van der Waals surface area contributed by atoms with E-state index in [0.717, 1.165) is 31.5 Å². The van der Waals surface area contributed by atoms with E-state index >= 15 is 0 Å². The van der Waals surface area contributed by atoms with Crippen LogP contribution in [0.2, 0.25) is 0 Å². The zero-order valence-electron chi connectivity index (χ0n) is 16.8. The van der Waals surface area contributed by atoms with E-state index in [1.54, 1.807) is 6.92 Å². The molecule has 1 atom stereocenters. The minimum absolute atomic E-state index is 0.0376. The summed E-state index contributed by atoms with van der Waals surface area (Å²) in [6, 6.07) is 1.85. The number of nitrogens with zero attached hydrogens (tertiary/aromatic N) is 2. The summed E-state index contributed by atoms with van der Waals surface area (Å²) in [6.07, 6.45) is -1.96. The number of H-pyrrole nitrogens is 1. The van der Waals surface area contributed by atoms with Crippen LogP contribution in [-0.2, 0) is 12.7 Å². The van der Waals surface area contributed by atoms with E-state index in [1.807, 2.05) is 11.9 Å². The summed E-state index contributed by atoms with van der Waals surface area (Å²) in [5.74, 6) is -2.04. The average molecular weight is 417 g/mol. The van der Waals surface area contributed by atoms with Gasteiger partial charge in [0.25, 0.3) is 0 Å². The van der Waals surface area contributed by atoms with E-state index in [9.17, 15) is 22.7 Å². The van der Waals surface area contributed by atoms with E-state index < -0.39 is 36.0 Å². The molecule has 0 aliphatic heterocycles. The molecule has 1 aromatic carbocycles. The summed E-state index contributed by atoms with van der Waals surface area (Å²) in [4.78, 5) is 2.03. The van der Waals surface area contributed by atoms with E-state index in [4.69, 9.17) is 4.74 Å². The Balaban J connectivity index is 2.43. The molecule has 5 nitrogen and oxygen atoms in total. The number of benzene rings is 1. The summed E-state index contributed by atoms with van der Waals surface area (Å²) in [5, 5.41) is 15.8. The Morgan fingerprint density at radius 2 is 2.00 bits per heavy atom. The molecule has 2 aromatic rings. The number of aliphatic hydroxyl groups excluding tert-OH is 1. The van der Waals surface area contributed by atoms with E-state index in [-0.39, 0.29) is 12.0 Å². The van der Waals surface area contributed by atoms with Crippen LogP contribution in [0.4, 0.5) is 17.6 Å². The van der Waals surface area contributed by atoms with Crippen molar-refractivity contribution in [3.63, 3.8) is 0 Å². The predicted molar refractivity (Wildman–Crippen MR) is 102 cm³/mol. The van der Waals surface area contributed by atoms with Crippen LogP contribution >= 0.6 is 0 Å². The van der Waals surface area contributed by atoms with Crippen LogP contribution in [0.3, 0.4) is 0 Å². The molecule has 1 unspecified atom stereocenters. The largest absolute Gasteiger partial charge is 0.484 e. The number of hydrogen-bond donors (Lipinski definition) is 2. The second kappa shape index (κ2) is 10.1. The van der Waals surface area contributed by atoms with Crippen LogP contribution in [0.1, 0.15) is 44.2 Å². The molecule has 162 valence electrons. The molecule has 9 heteroatoms. The van der Waals surface area contributed by atoms with Crippen molar-refractivity contribution in [2.75, 3.05) is 20.2 Å². The molecular formula is C20H27F4N3O2. The molecule has 0 spiro atoms. The Hall–Kier alpha value is -2.13. The van der Waals surface area contributed by atoms with Crippen LogP contribution in [-0.4, -0.2) is 46.5 Å². The highest BCUT2D eigenvalue weighted by Crippen LogP contribution is 2.41. The lowest BCUT2D eigenvalue weighted by atomic mass is 10.0. The van der Waals surface area contributed by atoms with Gasteiger partial charge >= 0.3 is 6.18 Å². The van der Waals surface area contributed by atoms with Gasteiger partial charge in [-0.3, -0.25) is 5.10 Å². The monoisotopic (exact) mass is 417 g/mol. The Kier molecular flexibility index (Phi) is 8.04. The van der Waals surface area contributed by atoms with Crippen molar-refractivity contribution >= 4 is 0 Å². The molecule has 0 fully saturated rings. The zero-order valence-corrected chi connectivity index (χ0v) is 16.8. The third-order valence-corrected chi connectivity index (χ3v) is 4.63. The second-order valence-corrected chi connectivity index (χ2v) is 7.02. The van der Waals surface area contributed by atoms with Gasteiger partial charge in [-0.05, 0) is 38.6 Å². The van der Waals surface area contributed by atoms with Crippen molar-refractivity contribution in [1.29, 1.82) is 0 Å². The molecule has 1 aromatic heterocycles. The third kappa shape index (κ3) is 5.93. The van der Waals surface area contributed by atoms with Crippen LogP contribution < -0.4 is 4.74 Å². The number of nitrogens with one attached hydrogen (secondary N) is 1. The predicted octanol–water partition coefficient (Wildman–Crippen LogP) is 4.62. The smallest absolute Gasteiger partial charge is 0.420 e. The fourth-order valence-electron chi connectivity index (χ4n) is 2.96. The van der Waals surface area contributed by atoms with Gasteiger partial charge in [0.15, 0.2) is 11.6 Å². The van der Waals surface area contributed by atoms with Gasteiger partial charge in [-0.15, -0.1) is 0 Å². The molecule has 0 aliphatic carbocycles. The lowest BCUT2D eigenvalue weighted by Crippen LogP contribution is -2.22. The van der Waals surface area contributed by atoms with Gasteiger partial charge in [0, 0.05) is 17.7 Å². The van der Waals surface area contributed by atoms with Crippen molar-refractivity contribution < 1.29 is 27.4 Å². The number of alkyl halides is 3. The van der Waals surface area contributed by atoms with Crippen LogP contribution in [0.25, 0.3) is 11.3 Å². The summed E-state index contributed by atoms with van der Waals surface area (Å²) < 4.78 is 60.7. The topological polar surface area (TPSA) is 61.4 Å². The number of aromatic nitrogens is 2. The number of halogens is 4. The van der Waals surface area contributed by atoms with Crippen molar-refractivity contribution in [1.82, 2.24) is 15.1 Å². The fourth-order valence-corrected chi connectivity index (χ4v) is 2.96. The van der Waals surface area contributed by atoms with Crippen molar-refractivity contribution in [3.8, 4) is 17.0 Å².